The van der Waals surface area contributed by atoms with Crippen LogP contribution in [0.5, 0.6) is 0 Å². The van der Waals surface area contributed by atoms with E-state index in [1.807, 2.05) is 5.48 Å². The first-order valence-electron chi connectivity index (χ1n) is 4.08. The van der Waals surface area contributed by atoms with Crippen molar-refractivity contribution in [2.45, 2.75) is 6.92 Å². The molecule has 0 bridgehead atoms. The predicted molar refractivity (Wildman–Crippen MR) is 55.4 cm³/mol. The van der Waals surface area contributed by atoms with Crippen LogP contribution in [0.1, 0.15) is 6.92 Å². The van der Waals surface area contributed by atoms with Crippen LogP contribution in [-0.4, -0.2) is 12.0 Å². The van der Waals surface area contributed by atoms with E-state index >= 15 is 0 Å². The molecular formula is C9H9ClN2O3. The zero-order valence-electron chi connectivity index (χ0n) is 7.91. The van der Waals surface area contributed by atoms with Crippen molar-refractivity contribution >= 4 is 29.3 Å². The Morgan fingerprint density at radius 1 is 1.27 bits per heavy atom. The van der Waals surface area contributed by atoms with Crippen LogP contribution in [0.3, 0.4) is 0 Å². The Balaban J connectivity index is 2.44. The molecule has 2 N–H and O–H groups in total. The van der Waals surface area contributed by atoms with Crippen LogP contribution in [0.25, 0.3) is 0 Å². The van der Waals surface area contributed by atoms with E-state index in [1.165, 1.54) is 6.92 Å². The van der Waals surface area contributed by atoms with Crippen LogP contribution in [0.15, 0.2) is 24.3 Å². The summed E-state index contributed by atoms with van der Waals surface area (Å²) < 4.78 is 0. The highest BCUT2D eigenvalue weighted by atomic mass is 35.5. The Bertz CT molecular complexity index is 364. The third-order valence-corrected chi connectivity index (χ3v) is 1.64. The van der Waals surface area contributed by atoms with Crippen molar-refractivity contribution in [2.24, 2.45) is 0 Å². The molecule has 0 radical (unpaired) electrons. The molecule has 0 saturated heterocycles. The molecule has 0 aliphatic carbocycles. The molecule has 0 aliphatic rings. The maximum atomic E-state index is 11.1. The van der Waals surface area contributed by atoms with E-state index in [2.05, 4.69) is 10.2 Å². The fourth-order valence-corrected chi connectivity index (χ4v) is 0.934. The number of hydrogen-bond donors (Lipinski definition) is 2. The summed E-state index contributed by atoms with van der Waals surface area (Å²) in [5.41, 5.74) is 2.46. The minimum absolute atomic E-state index is 0.545. The van der Waals surface area contributed by atoms with E-state index in [0.717, 1.165) is 0 Å². The van der Waals surface area contributed by atoms with Crippen LogP contribution >= 0.6 is 11.6 Å². The molecule has 0 aromatic heterocycles. The summed E-state index contributed by atoms with van der Waals surface area (Å²) in [7, 11) is 0. The normalized spacial score (nSPS) is 9.20. The van der Waals surface area contributed by atoms with Crippen LogP contribution in [-0.2, 0) is 9.63 Å². The minimum atomic E-state index is -0.632. The van der Waals surface area contributed by atoms with Crippen LogP contribution in [0.2, 0.25) is 5.02 Å². The molecule has 15 heavy (non-hydrogen) atoms. The standard InChI is InChI=1S/C9H9ClN2O3/c1-6(13)15-12-9(14)11-8-4-2-7(10)3-5-8/h2-5H,1H3,(H2,11,12,14). The molecule has 80 valence electrons. The Labute approximate surface area is 91.3 Å². The number of urea groups is 1. The SMILES string of the molecule is CC(=O)ONC(=O)Nc1ccc(Cl)cc1. The summed E-state index contributed by atoms with van der Waals surface area (Å²) in [5.74, 6) is -0.596. The topological polar surface area (TPSA) is 67.4 Å². The van der Waals surface area contributed by atoms with Gasteiger partial charge in [0.05, 0.1) is 0 Å². The maximum absolute atomic E-state index is 11.1. The smallest absolute Gasteiger partial charge is 0.340 e. The molecule has 1 rings (SSSR count). The van der Waals surface area contributed by atoms with Crippen molar-refractivity contribution < 1.29 is 14.4 Å². The van der Waals surface area contributed by atoms with Gasteiger partial charge in [-0.3, -0.25) is 4.79 Å². The zero-order valence-corrected chi connectivity index (χ0v) is 8.67. The Morgan fingerprint density at radius 2 is 1.87 bits per heavy atom. The molecule has 0 fully saturated rings. The molecule has 0 spiro atoms. The lowest BCUT2D eigenvalue weighted by molar-refractivity contribution is -0.145. The fraction of sp³-hybridized carbons (Fsp3) is 0.111. The number of rotatable bonds is 1. The summed E-state index contributed by atoms with van der Waals surface area (Å²) in [4.78, 5) is 25.7. The highest BCUT2D eigenvalue weighted by Crippen LogP contribution is 2.12. The summed E-state index contributed by atoms with van der Waals surface area (Å²) >= 11 is 5.65. The summed E-state index contributed by atoms with van der Waals surface area (Å²) in [6, 6.07) is 5.87. The average Bonchev–Trinajstić information content (AvgIpc) is 2.19. The Morgan fingerprint density at radius 3 is 2.40 bits per heavy atom. The Kier molecular flexibility index (Phi) is 3.93. The molecule has 1 aromatic rings. The monoisotopic (exact) mass is 228 g/mol. The number of benzene rings is 1. The third kappa shape index (κ3) is 4.33. The first-order chi connectivity index (χ1) is 7.08. The molecule has 0 atom stereocenters. The van der Waals surface area contributed by atoms with Gasteiger partial charge in [-0.1, -0.05) is 11.6 Å². The average molecular weight is 229 g/mol. The van der Waals surface area contributed by atoms with Gasteiger partial charge in [-0.05, 0) is 24.3 Å². The number of halogens is 1. The molecular weight excluding hydrogens is 220 g/mol. The number of amides is 2. The van der Waals surface area contributed by atoms with Gasteiger partial charge in [0, 0.05) is 17.6 Å². The van der Waals surface area contributed by atoms with Crippen molar-refractivity contribution in [1.82, 2.24) is 5.48 Å². The second kappa shape index (κ2) is 5.21. The second-order valence-electron chi connectivity index (χ2n) is 2.66. The van der Waals surface area contributed by atoms with Gasteiger partial charge in [-0.15, -0.1) is 0 Å². The lowest BCUT2D eigenvalue weighted by Gasteiger charge is -2.05. The van der Waals surface area contributed by atoms with E-state index < -0.39 is 12.0 Å². The Hall–Kier alpha value is -1.75. The number of carbonyl (C=O) groups is 2. The first kappa shape index (κ1) is 11.3. The third-order valence-electron chi connectivity index (χ3n) is 1.39. The van der Waals surface area contributed by atoms with E-state index in [0.29, 0.717) is 10.7 Å². The highest BCUT2D eigenvalue weighted by Gasteiger charge is 2.02. The van der Waals surface area contributed by atoms with Gasteiger partial charge in [-0.2, -0.15) is 5.48 Å². The lowest BCUT2D eigenvalue weighted by Crippen LogP contribution is -2.30. The van der Waals surface area contributed by atoms with Crippen LogP contribution in [0, 0.1) is 0 Å². The van der Waals surface area contributed by atoms with E-state index in [-0.39, 0.29) is 0 Å². The van der Waals surface area contributed by atoms with Gasteiger partial charge in [0.25, 0.3) is 0 Å². The van der Waals surface area contributed by atoms with Crippen LogP contribution < -0.4 is 10.8 Å². The molecule has 0 unspecified atom stereocenters. The number of carbonyl (C=O) groups excluding carboxylic acids is 2. The molecule has 1 aromatic carbocycles. The van der Waals surface area contributed by atoms with E-state index in [9.17, 15) is 9.59 Å². The van der Waals surface area contributed by atoms with E-state index in [4.69, 9.17) is 11.6 Å². The zero-order chi connectivity index (χ0) is 11.3. The number of hydroxylamine groups is 1. The molecule has 0 aliphatic heterocycles. The van der Waals surface area contributed by atoms with Crippen molar-refractivity contribution in [1.29, 1.82) is 0 Å². The highest BCUT2D eigenvalue weighted by molar-refractivity contribution is 6.30. The van der Waals surface area contributed by atoms with E-state index in [1.54, 1.807) is 24.3 Å². The van der Waals surface area contributed by atoms with Gasteiger partial charge in [-0.25, -0.2) is 4.79 Å². The first-order valence-corrected chi connectivity index (χ1v) is 4.45. The largest absolute Gasteiger partial charge is 0.352 e. The van der Waals surface area contributed by atoms with Gasteiger partial charge in [0.15, 0.2) is 0 Å². The fourth-order valence-electron chi connectivity index (χ4n) is 0.808. The quantitative estimate of drug-likeness (QED) is 0.722. The van der Waals surface area contributed by atoms with Gasteiger partial charge >= 0.3 is 12.0 Å². The number of hydrogen-bond acceptors (Lipinski definition) is 3. The number of anilines is 1. The van der Waals surface area contributed by atoms with Gasteiger partial charge < -0.3 is 10.2 Å². The number of nitrogens with one attached hydrogen (secondary N) is 2. The molecule has 5 nitrogen and oxygen atoms in total. The lowest BCUT2D eigenvalue weighted by atomic mass is 10.3. The van der Waals surface area contributed by atoms with Gasteiger partial charge in [0.2, 0.25) is 0 Å². The van der Waals surface area contributed by atoms with Crippen molar-refractivity contribution in [2.75, 3.05) is 5.32 Å². The molecule has 0 heterocycles. The molecule has 0 saturated carbocycles. The molecule has 2 amide bonds. The second-order valence-corrected chi connectivity index (χ2v) is 3.09. The van der Waals surface area contributed by atoms with Crippen molar-refractivity contribution in [3.05, 3.63) is 29.3 Å². The van der Waals surface area contributed by atoms with Crippen LogP contribution in [0.4, 0.5) is 10.5 Å². The summed E-state index contributed by atoms with van der Waals surface area (Å²) in [6.07, 6.45) is 0. The summed E-state index contributed by atoms with van der Waals surface area (Å²) in [6.45, 7) is 1.18. The maximum Gasteiger partial charge on any atom is 0.352 e. The van der Waals surface area contributed by atoms with Gasteiger partial charge in [0.1, 0.15) is 0 Å². The molecule has 6 heteroatoms. The minimum Gasteiger partial charge on any atom is -0.340 e. The predicted octanol–water partition coefficient (Wildman–Crippen LogP) is 1.94. The van der Waals surface area contributed by atoms with Crippen molar-refractivity contribution in [3.63, 3.8) is 0 Å². The van der Waals surface area contributed by atoms with Crippen molar-refractivity contribution in [3.8, 4) is 0 Å². The summed E-state index contributed by atoms with van der Waals surface area (Å²) in [5, 5.41) is 3.01.